The lowest BCUT2D eigenvalue weighted by molar-refractivity contribution is -0.143. The minimum absolute atomic E-state index is 0.166. The van der Waals surface area contributed by atoms with Crippen LogP contribution in [0, 0.1) is 5.92 Å². The maximum absolute atomic E-state index is 13.1. The standard InChI is InChI=1S/C24H31ClN2O4/c1-5-22(24(29)26-14-17(2)3)27(15-18-9-11-20(30-4)12-10-18)23(28)16-31-21-8-6-7-19(25)13-21/h6-13,17,22H,5,14-16H2,1-4H3,(H,26,29)/t22-/m0/s1. The summed E-state index contributed by atoms with van der Waals surface area (Å²) in [6.07, 6.45) is 0.489. The number of ether oxygens (including phenoxy) is 2. The van der Waals surface area contributed by atoms with Crippen molar-refractivity contribution in [1.82, 2.24) is 10.2 Å². The Labute approximate surface area is 189 Å². The van der Waals surface area contributed by atoms with E-state index in [0.717, 1.165) is 11.3 Å². The summed E-state index contributed by atoms with van der Waals surface area (Å²) in [6, 6.07) is 13.7. The topological polar surface area (TPSA) is 67.9 Å². The van der Waals surface area contributed by atoms with E-state index in [4.69, 9.17) is 21.1 Å². The van der Waals surface area contributed by atoms with Crippen LogP contribution >= 0.6 is 11.6 Å². The molecule has 0 unspecified atom stereocenters. The predicted molar refractivity (Wildman–Crippen MR) is 122 cm³/mol. The molecule has 31 heavy (non-hydrogen) atoms. The second kappa shape index (κ2) is 12.2. The van der Waals surface area contributed by atoms with Gasteiger partial charge in [-0.2, -0.15) is 0 Å². The van der Waals surface area contributed by atoms with Gasteiger partial charge in [-0.05, 0) is 48.2 Å². The SMILES string of the molecule is CC[C@@H](C(=O)NCC(C)C)N(Cc1ccc(OC)cc1)C(=O)COc1cccc(Cl)c1. The molecule has 1 N–H and O–H groups in total. The van der Waals surface area contributed by atoms with Gasteiger partial charge in [0.2, 0.25) is 5.91 Å². The molecular formula is C24H31ClN2O4. The molecule has 2 aromatic carbocycles. The molecule has 6 nitrogen and oxygen atoms in total. The van der Waals surface area contributed by atoms with Crippen molar-refractivity contribution in [2.75, 3.05) is 20.3 Å². The van der Waals surface area contributed by atoms with Crippen LogP contribution in [0.3, 0.4) is 0 Å². The third kappa shape index (κ3) is 7.79. The highest BCUT2D eigenvalue weighted by molar-refractivity contribution is 6.30. The highest BCUT2D eigenvalue weighted by Crippen LogP contribution is 2.19. The lowest BCUT2D eigenvalue weighted by atomic mass is 10.1. The summed E-state index contributed by atoms with van der Waals surface area (Å²) in [6.45, 7) is 6.60. The van der Waals surface area contributed by atoms with Gasteiger partial charge in [0.25, 0.3) is 5.91 Å². The van der Waals surface area contributed by atoms with Gasteiger partial charge in [-0.15, -0.1) is 0 Å². The van der Waals surface area contributed by atoms with Crippen LogP contribution in [0.4, 0.5) is 0 Å². The normalized spacial score (nSPS) is 11.7. The van der Waals surface area contributed by atoms with E-state index in [-0.39, 0.29) is 25.0 Å². The average Bonchev–Trinajstić information content (AvgIpc) is 2.76. The number of nitrogens with zero attached hydrogens (tertiary/aromatic N) is 1. The first-order valence-electron chi connectivity index (χ1n) is 10.4. The van der Waals surface area contributed by atoms with E-state index in [2.05, 4.69) is 5.32 Å². The number of hydrogen-bond donors (Lipinski definition) is 1. The fraction of sp³-hybridized carbons (Fsp3) is 0.417. The first-order valence-corrected chi connectivity index (χ1v) is 10.8. The van der Waals surface area contributed by atoms with E-state index < -0.39 is 6.04 Å². The zero-order valence-electron chi connectivity index (χ0n) is 18.6. The van der Waals surface area contributed by atoms with E-state index in [9.17, 15) is 9.59 Å². The highest BCUT2D eigenvalue weighted by atomic mass is 35.5. The molecule has 0 fully saturated rings. The molecule has 0 bridgehead atoms. The first kappa shape index (κ1) is 24.5. The number of benzene rings is 2. The minimum Gasteiger partial charge on any atom is -0.497 e. The monoisotopic (exact) mass is 446 g/mol. The maximum Gasteiger partial charge on any atom is 0.261 e. The predicted octanol–water partition coefficient (Wildman–Crippen LogP) is 4.31. The number of hydrogen-bond acceptors (Lipinski definition) is 4. The Balaban J connectivity index is 2.19. The Morgan fingerprint density at radius 2 is 1.81 bits per heavy atom. The number of nitrogens with one attached hydrogen (secondary N) is 1. The van der Waals surface area contributed by atoms with Crippen LogP contribution in [0.5, 0.6) is 11.5 Å². The molecule has 7 heteroatoms. The number of carbonyl (C=O) groups is 2. The Kier molecular flexibility index (Phi) is 9.66. The van der Waals surface area contributed by atoms with Crippen LogP contribution in [0.2, 0.25) is 5.02 Å². The van der Waals surface area contributed by atoms with Crippen LogP contribution in [-0.2, 0) is 16.1 Å². The van der Waals surface area contributed by atoms with Crippen molar-refractivity contribution in [2.45, 2.75) is 39.8 Å². The van der Waals surface area contributed by atoms with Crippen molar-refractivity contribution < 1.29 is 19.1 Å². The van der Waals surface area contributed by atoms with Gasteiger partial charge in [0.15, 0.2) is 6.61 Å². The minimum atomic E-state index is -0.601. The van der Waals surface area contributed by atoms with Crippen molar-refractivity contribution in [3.05, 3.63) is 59.1 Å². The van der Waals surface area contributed by atoms with Gasteiger partial charge in [0.05, 0.1) is 7.11 Å². The van der Waals surface area contributed by atoms with Crippen LogP contribution in [0.15, 0.2) is 48.5 Å². The highest BCUT2D eigenvalue weighted by Gasteiger charge is 2.29. The van der Waals surface area contributed by atoms with Crippen molar-refractivity contribution in [3.8, 4) is 11.5 Å². The molecule has 1 atom stereocenters. The molecule has 0 spiro atoms. The van der Waals surface area contributed by atoms with Crippen LogP contribution in [0.25, 0.3) is 0 Å². The number of carbonyl (C=O) groups excluding carboxylic acids is 2. The van der Waals surface area contributed by atoms with E-state index in [1.54, 1.807) is 36.3 Å². The van der Waals surface area contributed by atoms with Gasteiger partial charge in [0, 0.05) is 18.1 Å². The quantitative estimate of drug-likeness (QED) is 0.558. The van der Waals surface area contributed by atoms with E-state index in [1.807, 2.05) is 45.0 Å². The smallest absolute Gasteiger partial charge is 0.261 e. The van der Waals surface area contributed by atoms with E-state index in [1.165, 1.54) is 0 Å². The molecule has 0 saturated carbocycles. The fourth-order valence-electron chi connectivity index (χ4n) is 3.05. The fourth-order valence-corrected chi connectivity index (χ4v) is 3.23. The lowest BCUT2D eigenvalue weighted by Gasteiger charge is -2.31. The Hall–Kier alpha value is -2.73. The molecular weight excluding hydrogens is 416 g/mol. The molecule has 0 aliphatic rings. The van der Waals surface area contributed by atoms with E-state index >= 15 is 0 Å². The third-order valence-corrected chi connectivity index (χ3v) is 4.98. The van der Waals surface area contributed by atoms with Gasteiger partial charge in [-0.1, -0.05) is 50.6 Å². The molecule has 0 heterocycles. The van der Waals surface area contributed by atoms with Crippen molar-refractivity contribution in [1.29, 1.82) is 0 Å². The molecule has 2 rings (SSSR count). The van der Waals surface area contributed by atoms with Gasteiger partial charge < -0.3 is 19.7 Å². The molecule has 0 radical (unpaired) electrons. The average molecular weight is 447 g/mol. The third-order valence-electron chi connectivity index (χ3n) is 4.74. The Morgan fingerprint density at radius 1 is 1.10 bits per heavy atom. The Morgan fingerprint density at radius 3 is 2.39 bits per heavy atom. The molecule has 2 amide bonds. The molecule has 168 valence electrons. The van der Waals surface area contributed by atoms with Crippen molar-refractivity contribution in [3.63, 3.8) is 0 Å². The largest absolute Gasteiger partial charge is 0.497 e. The van der Waals surface area contributed by atoms with Gasteiger partial charge in [-0.3, -0.25) is 9.59 Å². The summed E-state index contributed by atoms with van der Waals surface area (Å²) in [5.74, 6) is 1.11. The molecule has 0 aliphatic heterocycles. The second-order valence-electron chi connectivity index (χ2n) is 7.68. The number of rotatable bonds is 11. The molecule has 0 aliphatic carbocycles. The molecule has 2 aromatic rings. The Bertz CT molecular complexity index is 855. The van der Waals surface area contributed by atoms with Crippen molar-refractivity contribution in [2.24, 2.45) is 5.92 Å². The van der Waals surface area contributed by atoms with Crippen molar-refractivity contribution >= 4 is 23.4 Å². The van der Waals surface area contributed by atoms with Gasteiger partial charge >= 0.3 is 0 Å². The summed E-state index contributed by atoms with van der Waals surface area (Å²) in [7, 11) is 1.60. The summed E-state index contributed by atoms with van der Waals surface area (Å²) in [4.78, 5) is 27.6. The number of methoxy groups -OCH3 is 1. The zero-order chi connectivity index (χ0) is 22.8. The summed E-state index contributed by atoms with van der Waals surface area (Å²) in [5.41, 5.74) is 0.895. The van der Waals surface area contributed by atoms with Crippen LogP contribution in [-0.4, -0.2) is 43.0 Å². The van der Waals surface area contributed by atoms with Gasteiger partial charge in [-0.25, -0.2) is 0 Å². The van der Waals surface area contributed by atoms with Crippen LogP contribution < -0.4 is 14.8 Å². The first-order chi connectivity index (χ1) is 14.8. The van der Waals surface area contributed by atoms with E-state index in [0.29, 0.717) is 29.7 Å². The van der Waals surface area contributed by atoms with Gasteiger partial charge in [0.1, 0.15) is 17.5 Å². The summed E-state index contributed by atoms with van der Waals surface area (Å²) in [5, 5.41) is 3.47. The number of halogens is 1. The molecule has 0 saturated heterocycles. The summed E-state index contributed by atoms with van der Waals surface area (Å²) < 4.78 is 10.9. The molecule has 0 aromatic heterocycles. The second-order valence-corrected chi connectivity index (χ2v) is 8.12. The zero-order valence-corrected chi connectivity index (χ0v) is 19.3. The maximum atomic E-state index is 13.1. The lowest BCUT2D eigenvalue weighted by Crippen LogP contribution is -2.50. The van der Waals surface area contributed by atoms with Crippen LogP contribution in [0.1, 0.15) is 32.8 Å². The summed E-state index contributed by atoms with van der Waals surface area (Å²) >= 11 is 5.99. The number of amides is 2.